The van der Waals surface area contributed by atoms with Crippen LogP contribution in [0.4, 0.5) is 0 Å². The first-order valence-electron chi connectivity index (χ1n) is 11.0. The average Bonchev–Trinajstić information content (AvgIpc) is 2.85. The van der Waals surface area contributed by atoms with Gasteiger partial charge in [-0.3, -0.25) is 10.6 Å². The molecule has 31 heavy (non-hydrogen) atoms. The number of rotatable bonds is 4. The van der Waals surface area contributed by atoms with Gasteiger partial charge in [0.05, 0.1) is 10.2 Å². The van der Waals surface area contributed by atoms with E-state index in [1.807, 2.05) is 0 Å². The minimum Gasteiger partial charge on any atom is -0.291 e. The van der Waals surface area contributed by atoms with E-state index in [9.17, 15) is 0 Å². The van der Waals surface area contributed by atoms with Gasteiger partial charge >= 0.3 is 0 Å². The molecule has 1 heterocycles. The molecule has 156 valence electrons. The van der Waals surface area contributed by atoms with E-state index in [2.05, 4.69) is 130 Å². The predicted octanol–water partition coefficient (Wildman–Crippen LogP) is 7.17. The molecule has 1 saturated heterocycles. The van der Waals surface area contributed by atoms with Gasteiger partial charge in [-0.15, -0.1) is 0 Å². The Labute approximate surface area is 198 Å². The van der Waals surface area contributed by atoms with Crippen molar-refractivity contribution in [2.75, 3.05) is 0 Å². The summed E-state index contributed by atoms with van der Waals surface area (Å²) in [5.41, 5.74) is 8.01. The van der Waals surface area contributed by atoms with Crippen molar-refractivity contribution in [1.82, 2.24) is 10.6 Å². The lowest BCUT2D eigenvalue weighted by molar-refractivity contribution is 0.299. The van der Waals surface area contributed by atoms with Crippen molar-refractivity contribution in [2.45, 2.75) is 35.5 Å². The third-order valence-corrected chi connectivity index (χ3v) is 7.01. The first-order chi connectivity index (χ1) is 15.3. The summed E-state index contributed by atoms with van der Waals surface area (Å²) in [4.78, 5) is 0. The van der Waals surface area contributed by atoms with Crippen LogP contribution in [-0.4, -0.2) is 4.05 Å². The summed E-state index contributed by atoms with van der Waals surface area (Å²) in [5.74, 6) is 0. The van der Waals surface area contributed by atoms with Crippen molar-refractivity contribution in [3.63, 3.8) is 0 Å². The Balaban J connectivity index is 1.54. The van der Waals surface area contributed by atoms with Crippen LogP contribution < -0.4 is 10.6 Å². The molecule has 0 amide bonds. The van der Waals surface area contributed by atoms with Crippen molar-refractivity contribution < 1.29 is 0 Å². The van der Waals surface area contributed by atoms with Crippen molar-refractivity contribution >= 4 is 28.2 Å². The van der Waals surface area contributed by atoms with E-state index in [1.54, 1.807) is 0 Å². The lowest BCUT2D eigenvalue weighted by Crippen LogP contribution is -2.46. The van der Waals surface area contributed by atoms with Gasteiger partial charge in [0, 0.05) is 6.04 Å². The molecule has 1 fully saturated rings. The zero-order valence-electron chi connectivity index (χ0n) is 17.5. The summed E-state index contributed by atoms with van der Waals surface area (Å²) in [6.07, 6.45) is 10.2. The van der Waals surface area contributed by atoms with Crippen LogP contribution in [0.5, 0.6) is 0 Å². The third kappa shape index (κ3) is 4.84. The fraction of sp³-hybridized carbons (Fsp3) is 0.214. The summed E-state index contributed by atoms with van der Waals surface area (Å²) in [6.45, 7) is 0. The quantitative estimate of drug-likeness (QED) is 0.217. The summed E-state index contributed by atoms with van der Waals surface area (Å²) >= 11 is 2.54. The molecule has 3 heteroatoms. The summed E-state index contributed by atoms with van der Waals surface area (Å²) < 4.78 is 0.412. The molecule has 2 N–H and O–H groups in total. The van der Waals surface area contributed by atoms with Gasteiger partial charge in [0.2, 0.25) is 0 Å². The first-order valence-corrected chi connectivity index (χ1v) is 12.3. The van der Waals surface area contributed by atoms with Gasteiger partial charge in [0.1, 0.15) is 0 Å². The van der Waals surface area contributed by atoms with E-state index >= 15 is 0 Å². The number of benzene rings is 3. The normalized spacial score (nSPS) is 23.4. The highest BCUT2D eigenvalue weighted by Gasteiger charge is 2.28. The van der Waals surface area contributed by atoms with E-state index in [0.717, 1.165) is 19.3 Å². The molecule has 0 spiro atoms. The Morgan fingerprint density at radius 1 is 0.742 bits per heavy atom. The van der Waals surface area contributed by atoms with Crippen molar-refractivity contribution in [2.24, 2.45) is 0 Å². The molecule has 1 aliphatic carbocycles. The number of nitrogens with one attached hydrogen (secondary N) is 2. The second-order valence-corrected chi connectivity index (χ2v) is 9.80. The molecule has 0 bridgehead atoms. The number of alkyl halides is 1. The maximum Gasteiger partial charge on any atom is 0.0848 e. The van der Waals surface area contributed by atoms with E-state index in [1.165, 1.54) is 33.4 Å². The lowest BCUT2D eigenvalue weighted by atomic mass is 9.89. The lowest BCUT2D eigenvalue weighted by Gasteiger charge is -2.36. The average molecular weight is 518 g/mol. The fourth-order valence-corrected chi connectivity index (χ4v) is 5.39. The van der Waals surface area contributed by atoms with E-state index < -0.39 is 0 Å². The van der Waals surface area contributed by atoms with Gasteiger partial charge in [-0.05, 0) is 70.9 Å². The van der Waals surface area contributed by atoms with Crippen molar-refractivity contribution in [3.05, 3.63) is 114 Å². The van der Waals surface area contributed by atoms with Gasteiger partial charge in [0.25, 0.3) is 0 Å². The topological polar surface area (TPSA) is 24.1 Å². The fourth-order valence-electron chi connectivity index (χ4n) is 4.52. The van der Waals surface area contributed by atoms with Gasteiger partial charge in [-0.2, -0.15) is 0 Å². The minimum atomic E-state index is 0.155. The Morgan fingerprint density at radius 3 is 2.23 bits per heavy atom. The number of hydrogen-bond donors (Lipinski definition) is 2. The maximum atomic E-state index is 3.88. The Kier molecular flexibility index (Phi) is 6.35. The highest BCUT2D eigenvalue weighted by Crippen LogP contribution is 2.35. The first kappa shape index (κ1) is 20.7. The second-order valence-electron chi connectivity index (χ2n) is 8.30. The number of halogens is 1. The van der Waals surface area contributed by atoms with Crippen LogP contribution in [0.15, 0.2) is 97.1 Å². The van der Waals surface area contributed by atoms with Gasteiger partial charge in [0.15, 0.2) is 0 Å². The van der Waals surface area contributed by atoms with Crippen molar-refractivity contribution in [3.8, 4) is 11.1 Å². The molecule has 0 radical (unpaired) electrons. The summed E-state index contributed by atoms with van der Waals surface area (Å²) in [6, 6.07) is 28.9. The molecule has 2 nitrogen and oxygen atoms in total. The smallest absolute Gasteiger partial charge is 0.0848 e. The molecule has 5 rings (SSSR count). The SMILES string of the molecule is IC1CC(c2cc(C3=CC=CCC3)cc(-c3ccccc3)c2)NC(c2ccccc2)N1. The van der Waals surface area contributed by atoms with Crippen LogP contribution in [0.3, 0.4) is 0 Å². The van der Waals surface area contributed by atoms with Gasteiger partial charge in [-0.25, -0.2) is 0 Å². The number of allylic oxidation sites excluding steroid dienone is 4. The molecule has 3 atom stereocenters. The van der Waals surface area contributed by atoms with E-state index in [-0.39, 0.29) is 6.17 Å². The Hall–Kier alpha value is -2.21. The van der Waals surface area contributed by atoms with Crippen LogP contribution >= 0.6 is 22.6 Å². The van der Waals surface area contributed by atoms with Crippen molar-refractivity contribution in [1.29, 1.82) is 0 Å². The summed E-state index contributed by atoms with van der Waals surface area (Å²) in [7, 11) is 0. The maximum absolute atomic E-state index is 3.88. The van der Waals surface area contributed by atoms with E-state index in [4.69, 9.17) is 0 Å². The highest BCUT2D eigenvalue weighted by atomic mass is 127. The summed E-state index contributed by atoms with van der Waals surface area (Å²) in [5, 5.41) is 7.59. The standard InChI is InChI=1S/C28H27IN2/c29-27-19-26(30-28(31-27)22-14-8-3-9-15-22)25-17-23(20-10-4-1-5-11-20)16-24(18-25)21-12-6-2-7-13-21/h1-6,8-12,14-18,26-28,30-31H,7,13,19H2. The molecule has 3 aromatic rings. The molecule has 2 aliphatic rings. The molecular weight excluding hydrogens is 491 g/mol. The minimum absolute atomic E-state index is 0.155. The van der Waals surface area contributed by atoms with Crippen LogP contribution in [0.2, 0.25) is 0 Å². The third-order valence-electron chi connectivity index (χ3n) is 6.14. The molecule has 0 saturated carbocycles. The zero-order chi connectivity index (χ0) is 21.0. The van der Waals surface area contributed by atoms with Gasteiger partial charge in [-0.1, -0.05) is 101 Å². The number of hydrogen-bond acceptors (Lipinski definition) is 2. The predicted molar refractivity (Wildman–Crippen MR) is 139 cm³/mol. The second kappa shape index (κ2) is 9.51. The molecule has 3 aromatic carbocycles. The Morgan fingerprint density at radius 2 is 1.48 bits per heavy atom. The zero-order valence-corrected chi connectivity index (χ0v) is 19.6. The van der Waals surface area contributed by atoms with E-state index in [0.29, 0.717) is 10.1 Å². The highest BCUT2D eigenvalue weighted by molar-refractivity contribution is 14.1. The van der Waals surface area contributed by atoms with Crippen LogP contribution in [0.1, 0.15) is 48.2 Å². The molecule has 1 aliphatic heterocycles. The van der Waals surface area contributed by atoms with Crippen LogP contribution in [-0.2, 0) is 0 Å². The molecular formula is C28H27IN2. The van der Waals surface area contributed by atoms with Gasteiger partial charge < -0.3 is 0 Å². The Bertz CT molecular complexity index is 1090. The molecule has 0 aromatic heterocycles. The van der Waals surface area contributed by atoms with Crippen LogP contribution in [0, 0.1) is 0 Å². The monoisotopic (exact) mass is 518 g/mol. The largest absolute Gasteiger partial charge is 0.291 e. The molecule has 3 unspecified atom stereocenters. The van der Waals surface area contributed by atoms with Crippen LogP contribution in [0.25, 0.3) is 16.7 Å².